The standard InChI is InChI=1S/C30H32N4O4S/c1-21-12-11-13-22(2)30(21)34-23(3)18-25(24(34)4)19-31-32-29(35)20-33(27-16-9-10-17-28(27)38-5)39(36,37)26-14-7-6-8-15-26/h6-19H,20H2,1-5H3,(H,32,35)/b31-19+. The summed E-state index contributed by atoms with van der Waals surface area (Å²) in [5.74, 6) is -0.271. The van der Waals surface area contributed by atoms with Gasteiger partial charge in [-0.15, -0.1) is 0 Å². The zero-order valence-electron chi connectivity index (χ0n) is 22.7. The molecule has 1 heterocycles. The number of sulfonamides is 1. The van der Waals surface area contributed by atoms with Gasteiger partial charge < -0.3 is 9.30 Å². The third-order valence-electron chi connectivity index (χ3n) is 6.50. The van der Waals surface area contributed by atoms with E-state index in [1.54, 1.807) is 48.7 Å². The lowest BCUT2D eigenvalue weighted by molar-refractivity contribution is -0.119. The predicted molar refractivity (Wildman–Crippen MR) is 154 cm³/mol. The van der Waals surface area contributed by atoms with Crippen molar-refractivity contribution in [2.75, 3.05) is 18.0 Å². The van der Waals surface area contributed by atoms with E-state index in [0.29, 0.717) is 5.75 Å². The van der Waals surface area contributed by atoms with E-state index in [2.05, 4.69) is 41.1 Å². The van der Waals surface area contributed by atoms with Crippen LogP contribution in [0.5, 0.6) is 5.75 Å². The van der Waals surface area contributed by atoms with Crippen LogP contribution in [0, 0.1) is 27.7 Å². The molecule has 1 aromatic heterocycles. The van der Waals surface area contributed by atoms with Gasteiger partial charge in [0.25, 0.3) is 15.9 Å². The van der Waals surface area contributed by atoms with Crippen molar-refractivity contribution in [3.05, 3.63) is 107 Å². The van der Waals surface area contributed by atoms with Crippen LogP contribution in [-0.2, 0) is 14.8 Å². The lowest BCUT2D eigenvalue weighted by Gasteiger charge is -2.25. The Kier molecular flexibility index (Phi) is 8.21. The topological polar surface area (TPSA) is 93.0 Å². The van der Waals surface area contributed by atoms with Gasteiger partial charge in [-0.25, -0.2) is 13.8 Å². The maximum absolute atomic E-state index is 13.6. The number of amides is 1. The van der Waals surface area contributed by atoms with Gasteiger partial charge in [0.2, 0.25) is 0 Å². The first kappa shape index (κ1) is 27.7. The van der Waals surface area contributed by atoms with Crippen molar-refractivity contribution in [2.24, 2.45) is 5.10 Å². The number of aromatic nitrogens is 1. The van der Waals surface area contributed by atoms with Crippen molar-refractivity contribution in [1.82, 2.24) is 9.99 Å². The van der Waals surface area contributed by atoms with Gasteiger partial charge in [0.15, 0.2) is 0 Å². The van der Waals surface area contributed by atoms with Crippen molar-refractivity contribution in [3.63, 3.8) is 0 Å². The summed E-state index contributed by atoms with van der Waals surface area (Å²) < 4.78 is 35.7. The molecule has 0 saturated heterocycles. The van der Waals surface area contributed by atoms with Crippen molar-refractivity contribution in [2.45, 2.75) is 32.6 Å². The summed E-state index contributed by atoms with van der Waals surface area (Å²) in [4.78, 5) is 13.0. The molecule has 0 aliphatic heterocycles. The summed E-state index contributed by atoms with van der Waals surface area (Å²) in [5, 5.41) is 4.15. The summed E-state index contributed by atoms with van der Waals surface area (Å²) in [6.07, 6.45) is 1.57. The third-order valence-corrected chi connectivity index (χ3v) is 8.27. The molecule has 0 radical (unpaired) electrons. The number of hydrogen-bond donors (Lipinski definition) is 1. The summed E-state index contributed by atoms with van der Waals surface area (Å²) in [6.45, 7) is 7.68. The van der Waals surface area contributed by atoms with Crippen molar-refractivity contribution in [1.29, 1.82) is 0 Å². The summed E-state index contributed by atoms with van der Waals surface area (Å²) in [6, 6.07) is 22.8. The lowest BCUT2D eigenvalue weighted by atomic mass is 10.1. The molecule has 4 rings (SSSR count). The Morgan fingerprint density at radius 1 is 0.949 bits per heavy atom. The Hall–Kier alpha value is -4.37. The van der Waals surface area contributed by atoms with E-state index in [1.165, 1.54) is 19.2 Å². The molecule has 0 bridgehead atoms. The van der Waals surface area contributed by atoms with Crippen LogP contribution < -0.4 is 14.5 Å². The Balaban J connectivity index is 1.59. The number of carbonyl (C=O) groups excluding carboxylic acids is 1. The lowest BCUT2D eigenvalue weighted by Crippen LogP contribution is -2.39. The second-order valence-electron chi connectivity index (χ2n) is 9.19. The van der Waals surface area contributed by atoms with Gasteiger partial charge in [0, 0.05) is 17.0 Å². The molecular weight excluding hydrogens is 512 g/mol. The number of carbonyl (C=O) groups is 1. The number of nitrogens with zero attached hydrogens (tertiary/aromatic N) is 3. The van der Waals surface area contributed by atoms with Crippen molar-refractivity contribution in [3.8, 4) is 11.4 Å². The van der Waals surface area contributed by atoms with E-state index in [9.17, 15) is 13.2 Å². The number of hydrogen-bond acceptors (Lipinski definition) is 5. The number of aryl methyl sites for hydroxylation is 3. The normalized spacial score (nSPS) is 11.5. The Morgan fingerprint density at radius 2 is 1.59 bits per heavy atom. The second-order valence-corrected chi connectivity index (χ2v) is 11.1. The van der Waals surface area contributed by atoms with E-state index >= 15 is 0 Å². The minimum absolute atomic E-state index is 0.0612. The number of rotatable bonds is 9. The molecule has 0 spiro atoms. The van der Waals surface area contributed by atoms with E-state index in [0.717, 1.165) is 38.1 Å². The molecule has 1 amide bonds. The first-order chi connectivity index (χ1) is 18.6. The minimum atomic E-state index is -4.07. The highest BCUT2D eigenvalue weighted by Gasteiger charge is 2.29. The zero-order chi connectivity index (χ0) is 28.2. The summed E-state index contributed by atoms with van der Waals surface area (Å²) in [5.41, 5.74) is 9.02. The molecule has 0 aliphatic carbocycles. The molecule has 9 heteroatoms. The average Bonchev–Trinajstić information content (AvgIpc) is 3.20. The third kappa shape index (κ3) is 5.73. The van der Waals surface area contributed by atoms with Gasteiger partial charge in [-0.05, 0) is 69.2 Å². The summed E-state index contributed by atoms with van der Waals surface area (Å²) >= 11 is 0. The number of hydrazone groups is 1. The van der Waals surface area contributed by atoms with Crippen LogP contribution in [0.2, 0.25) is 0 Å². The highest BCUT2D eigenvalue weighted by molar-refractivity contribution is 7.92. The monoisotopic (exact) mass is 544 g/mol. The maximum Gasteiger partial charge on any atom is 0.264 e. The molecule has 202 valence electrons. The van der Waals surface area contributed by atoms with E-state index in [1.807, 2.05) is 26.0 Å². The van der Waals surface area contributed by atoms with Gasteiger partial charge >= 0.3 is 0 Å². The van der Waals surface area contributed by atoms with Crippen LogP contribution in [0.25, 0.3) is 5.69 Å². The van der Waals surface area contributed by atoms with Crippen LogP contribution in [0.15, 0.2) is 88.9 Å². The van der Waals surface area contributed by atoms with Gasteiger partial charge in [-0.1, -0.05) is 48.5 Å². The van der Waals surface area contributed by atoms with Gasteiger partial charge in [-0.2, -0.15) is 5.10 Å². The van der Waals surface area contributed by atoms with Crippen LogP contribution >= 0.6 is 0 Å². The largest absolute Gasteiger partial charge is 0.495 e. The molecule has 0 fully saturated rings. The molecular formula is C30H32N4O4S. The number of para-hydroxylation sites is 3. The quantitative estimate of drug-likeness (QED) is 0.235. The smallest absolute Gasteiger partial charge is 0.264 e. The first-order valence-electron chi connectivity index (χ1n) is 12.4. The number of methoxy groups -OCH3 is 1. The zero-order valence-corrected chi connectivity index (χ0v) is 23.5. The number of benzene rings is 3. The van der Waals surface area contributed by atoms with E-state index < -0.39 is 22.5 Å². The Morgan fingerprint density at radius 3 is 2.26 bits per heavy atom. The van der Waals surface area contributed by atoms with E-state index in [-0.39, 0.29) is 10.6 Å². The number of anilines is 1. The second kappa shape index (κ2) is 11.6. The van der Waals surface area contributed by atoms with Gasteiger partial charge in [0.05, 0.1) is 29.6 Å². The average molecular weight is 545 g/mol. The molecule has 0 atom stereocenters. The molecule has 0 aliphatic rings. The van der Waals surface area contributed by atoms with E-state index in [4.69, 9.17) is 4.74 Å². The molecule has 4 aromatic rings. The summed E-state index contributed by atoms with van der Waals surface area (Å²) in [7, 11) is -2.62. The van der Waals surface area contributed by atoms with Crippen molar-refractivity contribution >= 4 is 27.8 Å². The van der Waals surface area contributed by atoms with Crippen LogP contribution in [-0.4, -0.2) is 38.8 Å². The highest BCUT2D eigenvalue weighted by Crippen LogP contribution is 2.32. The minimum Gasteiger partial charge on any atom is -0.495 e. The fourth-order valence-electron chi connectivity index (χ4n) is 4.62. The van der Waals surface area contributed by atoms with Crippen LogP contribution in [0.1, 0.15) is 28.1 Å². The molecule has 0 unspecified atom stereocenters. The fraction of sp³-hybridized carbons (Fsp3) is 0.200. The van der Waals surface area contributed by atoms with Gasteiger partial charge in [-0.3, -0.25) is 9.10 Å². The van der Waals surface area contributed by atoms with Crippen molar-refractivity contribution < 1.29 is 17.9 Å². The number of ether oxygens (including phenoxy) is 1. The first-order valence-corrected chi connectivity index (χ1v) is 13.9. The SMILES string of the molecule is COc1ccccc1N(CC(=O)N/N=C/c1cc(C)n(-c2c(C)cccc2C)c1C)S(=O)(=O)c1ccccc1. The van der Waals surface area contributed by atoms with Gasteiger partial charge in [0.1, 0.15) is 12.3 Å². The predicted octanol–water partition coefficient (Wildman–Crippen LogP) is 5.07. The molecule has 39 heavy (non-hydrogen) atoms. The molecule has 8 nitrogen and oxygen atoms in total. The maximum atomic E-state index is 13.6. The molecule has 3 aromatic carbocycles. The Labute approximate surface area is 229 Å². The Bertz CT molecular complexity index is 1610. The van der Waals surface area contributed by atoms with Crippen LogP contribution in [0.3, 0.4) is 0 Å². The molecule has 0 saturated carbocycles. The number of nitrogens with one attached hydrogen (secondary N) is 1. The molecule has 1 N–H and O–H groups in total. The fourth-order valence-corrected chi connectivity index (χ4v) is 6.07. The van der Waals surface area contributed by atoms with Crippen LogP contribution in [0.4, 0.5) is 5.69 Å². The highest BCUT2D eigenvalue weighted by atomic mass is 32.2.